The van der Waals surface area contributed by atoms with Gasteiger partial charge in [0.25, 0.3) is 6.71 Å². The molecule has 11 aromatic rings. The number of nitrogens with zero attached hydrogens (tertiary/aromatic N) is 4. The van der Waals surface area contributed by atoms with Gasteiger partial charge in [0.15, 0.2) is 0 Å². The molecule has 0 N–H and O–H groups in total. The first-order valence-electron chi connectivity index (χ1n) is 31.2. The molecule has 0 saturated heterocycles. The Bertz CT molecular complexity index is 4360. The van der Waals surface area contributed by atoms with Crippen LogP contribution >= 0.6 is 11.3 Å². The molecule has 0 amide bonds. The zero-order chi connectivity index (χ0) is 60.9. The van der Waals surface area contributed by atoms with Gasteiger partial charge >= 0.3 is 0 Å². The minimum Gasteiger partial charge on any atom is -0.319 e. The van der Waals surface area contributed by atoms with E-state index >= 15 is 0 Å². The number of anilines is 9. The quantitative estimate of drug-likeness (QED) is 0.154. The van der Waals surface area contributed by atoms with E-state index < -0.39 is 0 Å². The number of aromatic nitrogens is 1. The van der Waals surface area contributed by atoms with Crippen molar-refractivity contribution in [2.24, 2.45) is 0 Å². The van der Waals surface area contributed by atoms with Crippen molar-refractivity contribution in [3.8, 4) is 5.69 Å². The molecule has 86 heavy (non-hydrogen) atoms. The summed E-state index contributed by atoms with van der Waals surface area (Å²) >= 11 is 1.93. The normalized spacial score (nSPS) is 13.9. The predicted molar refractivity (Wildman–Crippen MR) is 377 cm³/mol. The summed E-state index contributed by atoms with van der Waals surface area (Å²) in [4.78, 5) is 7.79. The molecule has 0 radical (unpaired) electrons. The maximum atomic E-state index is 2.68. The molecule has 2 aromatic heterocycles. The van der Waals surface area contributed by atoms with Crippen LogP contribution in [0.1, 0.15) is 158 Å². The minimum atomic E-state index is -0.205. The fraction of sp³-hybridized carbons (Fsp3) is 0.300. The van der Waals surface area contributed by atoms with Crippen molar-refractivity contribution >= 4 is 117 Å². The minimum absolute atomic E-state index is 0.00881. The van der Waals surface area contributed by atoms with E-state index in [0.717, 1.165) is 34.1 Å². The first-order valence-corrected chi connectivity index (χ1v) is 32.0. The van der Waals surface area contributed by atoms with Gasteiger partial charge in [-0.25, -0.2) is 0 Å². The maximum Gasteiger partial charge on any atom is 0.273 e. The van der Waals surface area contributed by atoms with Gasteiger partial charge in [0, 0.05) is 82.3 Å². The first kappa shape index (κ1) is 57.3. The molecule has 2 aliphatic rings. The number of hydrogen-bond acceptors (Lipinski definition) is 4. The van der Waals surface area contributed by atoms with Crippen LogP contribution in [0.4, 0.5) is 51.2 Å². The van der Waals surface area contributed by atoms with Gasteiger partial charge in [-0.3, -0.25) is 0 Å². The number of thiophene rings is 1. The fourth-order valence-electron chi connectivity index (χ4n) is 13.4. The van der Waals surface area contributed by atoms with Crippen molar-refractivity contribution in [2.45, 2.75) is 157 Å². The third-order valence-electron chi connectivity index (χ3n) is 18.5. The summed E-state index contributed by atoms with van der Waals surface area (Å²) < 4.78 is 5.28. The van der Waals surface area contributed by atoms with Crippen LogP contribution in [-0.4, -0.2) is 11.3 Å². The van der Waals surface area contributed by atoms with Crippen molar-refractivity contribution in [1.29, 1.82) is 0 Å². The second kappa shape index (κ2) is 19.9. The third-order valence-corrected chi connectivity index (χ3v) is 19.7. The monoisotopic (exact) mass is 1140 g/mol. The highest BCUT2D eigenvalue weighted by molar-refractivity contribution is 7.26. The van der Waals surface area contributed by atoms with Crippen LogP contribution in [0.5, 0.6) is 0 Å². The highest BCUT2D eigenvalue weighted by atomic mass is 32.1. The first-order chi connectivity index (χ1) is 40.4. The molecule has 4 heterocycles. The summed E-state index contributed by atoms with van der Waals surface area (Å²) in [5, 5.41) is 3.88. The highest BCUT2D eigenvalue weighted by Crippen LogP contribution is 2.53. The summed E-state index contributed by atoms with van der Waals surface area (Å²) in [6.07, 6.45) is 0. The van der Waals surface area contributed by atoms with Crippen molar-refractivity contribution in [2.75, 3.05) is 14.7 Å². The molecule has 4 nitrogen and oxygen atoms in total. The van der Waals surface area contributed by atoms with Crippen molar-refractivity contribution in [1.82, 2.24) is 4.57 Å². The van der Waals surface area contributed by atoms with Crippen LogP contribution in [0.15, 0.2) is 188 Å². The summed E-state index contributed by atoms with van der Waals surface area (Å²) in [7, 11) is 0. The summed E-state index contributed by atoms with van der Waals surface area (Å²) in [5.74, 6) is 0. The van der Waals surface area contributed by atoms with Crippen molar-refractivity contribution in [3.63, 3.8) is 0 Å². The zero-order valence-corrected chi connectivity index (χ0v) is 55.0. The molecule has 0 atom stereocenters. The summed E-state index contributed by atoms with van der Waals surface area (Å²) in [6.45, 7) is 41.6. The Morgan fingerprint density at radius 3 is 1.26 bits per heavy atom. The smallest absolute Gasteiger partial charge is 0.273 e. The maximum absolute atomic E-state index is 2.68. The molecule has 0 aliphatic carbocycles. The van der Waals surface area contributed by atoms with Gasteiger partial charge in [0.05, 0.1) is 11.2 Å². The molecule has 2 aliphatic heterocycles. The molecule has 0 spiro atoms. The predicted octanol–water partition coefficient (Wildman–Crippen LogP) is 21.3. The topological polar surface area (TPSA) is 14.7 Å². The van der Waals surface area contributed by atoms with Gasteiger partial charge < -0.3 is 19.3 Å². The highest BCUT2D eigenvalue weighted by Gasteiger charge is 2.48. The lowest BCUT2D eigenvalue weighted by Gasteiger charge is -2.45. The van der Waals surface area contributed by atoms with E-state index in [2.05, 4.69) is 332 Å². The summed E-state index contributed by atoms with van der Waals surface area (Å²) in [5.41, 5.74) is 24.3. The Kier molecular flexibility index (Phi) is 13.2. The molecule has 6 heteroatoms. The lowest BCUT2D eigenvalue weighted by atomic mass is 9.34. The Morgan fingerprint density at radius 1 is 0.360 bits per heavy atom. The van der Waals surface area contributed by atoms with Gasteiger partial charge in [-0.15, -0.1) is 11.3 Å². The van der Waals surface area contributed by atoms with Gasteiger partial charge in [0.1, 0.15) is 0 Å². The van der Waals surface area contributed by atoms with E-state index in [9.17, 15) is 0 Å². The van der Waals surface area contributed by atoms with Crippen molar-refractivity contribution in [3.05, 3.63) is 221 Å². The fourth-order valence-corrected chi connectivity index (χ4v) is 14.6. The van der Waals surface area contributed by atoms with Crippen LogP contribution < -0.4 is 31.2 Å². The number of fused-ring (bicyclic) bond motifs is 10. The summed E-state index contributed by atoms with van der Waals surface area (Å²) in [6, 6.07) is 73.5. The van der Waals surface area contributed by atoms with Crippen LogP contribution in [0.25, 0.3) is 36.8 Å². The van der Waals surface area contributed by atoms with Crippen LogP contribution in [-0.2, 0) is 32.5 Å². The zero-order valence-electron chi connectivity index (χ0n) is 54.2. The van der Waals surface area contributed by atoms with Crippen molar-refractivity contribution < 1.29 is 0 Å². The molecular weight excluding hydrogens is 1060 g/mol. The van der Waals surface area contributed by atoms with Gasteiger partial charge in [-0.05, 0) is 174 Å². The molecule has 0 bridgehead atoms. The van der Waals surface area contributed by atoms with E-state index in [1.54, 1.807) is 0 Å². The van der Waals surface area contributed by atoms with E-state index in [-0.39, 0.29) is 39.2 Å². The van der Waals surface area contributed by atoms with E-state index in [0.29, 0.717) is 0 Å². The average molecular weight is 1150 g/mol. The SMILES string of the molecule is CC(C)(C)c1ccc(N(c2ccc(C(C)(C)C)cc2)c2ccc3c(c2)N(c2ccc(C(C)(C)C)cc2)c2cc(C(C)(C)C)cc4c2B3c2c(c3c5sc6ccccc6c5ccc3n2-c2ccc(C(C)(C)C)cc2)N4c2ccc(C(C)(C)C)cc2)cc1. The largest absolute Gasteiger partial charge is 0.319 e. The second-order valence-corrected chi connectivity index (χ2v) is 31.9. The Balaban J connectivity index is 1.19. The van der Waals surface area contributed by atoms with Crippen LogP contribution in [0, 0.1) is 0 Å². The molecule has 434 valence electrons. The standard InChI is InChI=1S/C80H85BN4S/c1-75(2,3)50-23-33-56(34-24-50)82(57-35-25-51(26-36-57)76(4,5)6)61-43-45-64-66(49-61)83(58-37-27-52(28-38-58)77(7,8)9)67-47-55(80(16,17)18)48-68-71(67)81(64)74-72(84(68)59-39-29-53(30-40-59)78(10,11)12)70-65(85(74)60-41-31-54(32-42-60)79(13,14)15)46-44-63-62-21-19-20-22-69(62)86-73(63)70/h19-49H,1-18H3. The lowest BCUT2D eigenvalue weighted by molar-refractivity contribution is 0.589. The van der Waals surface area contributed by atoms with Gasteiger partial charge in [-0.2, -0.15) is 0 Å². The molecule has 0 saturated carbocycles. The molecule has 0 unspecified atom stereocenters. The molecular formula is C80H85BN4S. The van der Waals surface area contributed by atoms with E-state index in [1.807, 2.05) is 11.3 Å². The number of rotatable bonds is 6. The van der Waals surface area contributed by atoms with E-state index in [4.69, 9.17) is 0 Å². The Morgan fingerprint density at radius 2 is 0.779 bits per heavy atom. The van der Waals surface area contributed by atoms with E-state index in [1.165, 1.54) is 104 Å². The van der Waals surface area contributed by atoms with Crippen LogP contribution in [0.3, 0.4) is 0 Å². The molecule has 9 aromatic carbocycles. The molecule has 13 rings (SSSR count). The third kappa shape index (κ3) is 9.66. The molecule has 0 fully saturated rings. The number of benzene rings is 9. The van der Waals surface area contributed by atoms with Crippen LogP contribution in [0.2, 0.25) is 0 Å². The Hall–Kier alpha value is -7.80. The van der Waals surface area contributed by atoms with Gasteiger partial charge in [-0.1, -0.05) is 216 Å². The number of hydrogen-bond donors (Lipinski definition) is 0. The Labute approximate surface area is 517 Å². The second-order valence-electron chi connectivity index (χ2n) is 30.8. The van der Waals surface area contributed by atoms with Gasteiger partial charge in [0.2, 0.25) is 0 Å². The lowest BCUT2D eigenvalue weighted by Crippen LogP contribution is -2.63. The average Bonchev–Trinajstić information content (AvgIpc) is 1.38.